The minimum atomic E-state index is -1.02. The Labute approximate surface area is 100 Å². The molecule has 2 rings (SSSR count). The molecule has 2 N–H and O–H groups in total. The van der Waals surface area contributed by atoms with Gasteiger partial charge in [0.1, 0.15) is 0 Å². The first kappa shape index (κ1) is 11.8. The van der Waals surface area contributed by atoms with Crippen LogP contribution in [0.3, 0.4) is 0 Å². The summed E-state index contributed by atoms with van der Waals surface area (Å²) < 4.78 is 0. The fourth-order valence-corrected chi connectivity index (χ4v) is 2.31. The zero-order valence-corrected chi connectivity index (χ0v) is 9.89. The third kappa shape index (κ3) is 2.93. The number of anilines is 1. The third-order valence-corrected chi connectivity index (χ3v) is 3.44. The van der Waals surface area contributed by atoms with Crippen LogP contribution in [0.1, 0.15) is 36.7 Å². The highest BCUT2D eigenvalue weighted by atomic mass is 16.4. The maximum Gasteiger partial charge on any atom is 0.354 e. The molecule has 0 aliphatic heterocycles. The molecule has 1 heterocycles. The fraction of sp³-hybridized carbons (Fsp3) is 0.583. The van der Waals surface area contributed by atoms with Crippen LogP contribution in [0.2, 0.25) is 0 Å². The number of nitrogens with zero attached hydrogens (tertiary/aromatic N) is 2. The number of nitrogens with one attached hydrogen (secondary N) is 1. The molecule has 1 fully saturated rings. The van der Waals surface area contributed by atoms with Crippen molar-refractivity contribution in [2.75, 3.05) is 11.9 Å². The smallest absolute Gasteiger partial charge is 0.354 e. The van der Waals surface area contributed by atoms with Crippen molar-refractivity contribution in [3.8, 4) is 0 Å². The van der Waals surface area contributed by atoms with Gasteiger partial charge in [-0.3, -0.25) is 0 Å². The average molecular weight is 235 g/mol. The Morgan fingerprint density at radius 1 is 1.59 bits per heavy atom. The highest BCUT2D eigenvalue weighted by Gasteiger charge is 2.23. The molecule has 5 nitrogen and oxygen atoms in total. The summed E-state index contributed by atoms with van der Waals surface area (Å²) in [6, 6.07) is 1.39. The topological polar surface area (TPSA) is 75.1 Å². The molecule has 0 bridgehead atoms. The molecule has 1 aromatic heterocycles. The van der Waals surface area contributed by atoms with Crippen molar-refractivity contribution >= 4 is 11.9 Å². The molecular formula is C12H17N3O2. The number of aromatic carboxylic acids is 1. The Morgan fingerprint density at radius 2 is 2.41 bits per heavy atom. The first-order chi connectivity index (χ1) is 8.16. The van der Waals surface area contributed by atoms with Gasteiger partial charge in [-0.2, -0.15) is 0 Å². The van der Waals surface area contributed by atoms with E-state index in [-0.39, 0.29) is 5.69 Å². The predicted octanol–water partition coefficient (Wildman–Crippen LogP) is 2.02. The summed E-state index contributed by atoms with van der Waals surface area (Å²) in [5, 5.41) is 11.9. The van der Waals surface area contributed by atoms with Gasteiger partial charge in [0.15, 0.2) is 5.69 Å². The summed E-state index contributed by atoms with van der Waals surface area (Å²) in [5.41, 5.74) is 0.0296. The van der Waals surface area contributed by atoms with Crippen LogP contribution in [-0.4, -0.2) is 27.6 Å². The molecule has 1 aliphatic rings. The van der Waals surface area contributed by atoms with Crippen molar-refractivity contribution in [2.24, 2.45) is 11.8 Å². The molecule has 0 aromatic carbocycles. The summed E-state index contributed by atoms with van der Waals surface area (Å²) in [4.78, 5) is 18.7. The fourth-order valence-electron chi connectivity index (χ4n) is 2.31. The lowest BCUT2D eigenvalue weighted by Crippen LogP contribution is -2.18. The van der Waals surface area contributed by atoms with Gasteiger partial charge in [0, 0.05) is 12.7 Å². The Kier molecular flexibility index (Phi) is 3.56. The number of hydrogen-bond donors (Lipinski definition) is 2. The van der Waals surface area contributed by atoms with E-state index < -0.39 is 5.97 Å². The number of carbonyl (C=O) groups is 1. The van der Waals surface area contributed by atoms with Crippen LogP contribution in [0.25, 0.3) is 0 Å². The van der Waals surface area contributed by atoms with Crippen LogP contribution < -0.4 is 5.32 Å². The lowest BCUT2D eigenvalue weighted by Gasteiger charge is -2.15. The normalized spacial score (nSPS) is 23.6. The molecule has 0 saturated heterocycles. The van der Waals surface area contributed by atoms with Gasteiger partial charge in [-0.15, -0.1) is 0 Å². The molecule has 0 amide bonds. The van der Waals surface area contributed by atoms with Crippen molar-refractivity contribution in [1.82, 2.24) is 9.97 Å². The molecule has 0 radical (unpaired) electrons. The van der Waals surface area contributed by atoms with Gasteiger partial charge in [0.2, 0.25) is 5.95 Å². The van der Waals surface area contributed by atoms with Crippen molar-refractivity contribution in [1.29, 1.82) is 0 Å². The van der Waals surface area contributed by atoms with E-state index in [9.17, 15) is 4.79 Å². The van der Waals surface area contributed by atoms with Crippen LogP contribution in [0, 0.1) is 11.8 Å². The standard InChI is InChI=1S/C12H17N3O2/c1-8-3-2-4-9(8)7-14-12-13-6-5-10(15-12)11(16)17/h5-6,8-9H,2-4,7H2,1H3,(H,16,17)(H,13,14,15). The monoisotopic (exact) mass is 235 g/mol. The molecule has 1 saturated carbocycles. The average Bonchev–Trinajstić information content (AvgIpc) is 2.72. The zero-order chi connectivity index (χ0) is 12.3. The largest absolute Gasteiger partial charge is 0.477 e. The Hall–Kier alpha value is -1.65. The van der Waals surface area contributed by atoms with Crippen molar-refractivity contribution < 1.29 is 9.90 Å². The number of hydrogen-bond acceptors (Lipinski definition) is 4. The van der Waals surface area contributed by atoms with Gasteiger partial charge in [0.25, 0.3) is 0 Å². The van der Waals surface area contributed by atoms with E-state index in [0.29, 0.717) is 11.9 Å². The zero-order valence-electron chi connectivity index (χ0n) is 9.89. The molecule has 5 heteroatoms. The highest BCUT2D eigenvalue weighted by molar-refractivity contribution is 5.85. The summed E-state index contributed by atoms with van der Waals surface area (Å²) in [5.74, 6) is 0.755. The van der Waals surface area contributed by atoms with E-state index in [2.05, 4.69) is 22.2 Å². The molecule has 1 aliphatic carbocycles. The number of rotatable bonds is 4. The van der Waals surface area contributed by atoms with E-state index in [1.54, 1.807) is 0 Å². The van der Waals surface area contributed by atoms with Crippen LogP contribution >= 0.6 is 0 Å². The van der Waals surface area contributed by atoms with Gasteiger partial charge >= 0.3 is 5.97 Å². The van der Waals surface area contributed by atoms with Crippen molar-refractivity contribution in [3.05, 3.63) is 18.0 Å². The molecule has 2 unspecified atom stereocenters. The van der Waals surface area contributed by atoms with Gasteiger partial charge in [0.05, 0.1) is 0 Å². The van der Waals surface area contributed by atoms with Crippen LogP contribution in [0.4, 0.5) is 5.95 Å². The van der Waals surface area contributed by atoms with Crippen molar-refractivity contribution in [3.63, 3.8) is 0 Å². The maximum absolute atomic E-state index is 10.7. The molecule has 0 spiro atoms. The maximum atomic E-state index is 10.7. The molecule has 2 atom stereocenters. The van der Waals surface area contributed by atoms with Crippen LogP contribution in [-0.2, 0) is 0 Å². The second kappa shape index (κ2) is 5.12. The Balaban J connectivity index is 1.94. The molecular weight excluding hydrogens is 218 g/mol. The Morgan fingerprint density at radius 3 is 3.06 bits per heavy atom. The molecule has 92 valence electrons. The Bertz CT molecular complexity index is 408. The number of carboxylic acid groups (broad SMARTS) is 1. The van der Waals surface area contributed by atoms with E-state index in [4.69, 9.17) is 5.11 Å². The van der Waals surface area contributed by atoms with Gasteiger partial charge < -0.3 is 10.4 Å². The second-order valence-electron chi connectivity index (χ2n) is 4.62. The number of aromatic nitrogens is 2. The van der Waals surface area contributed by atoms with Gasteiger partial charge in [-0.25, -0.2) is 14.8 Å². The first-order valence-electron chi connectivity index (χ1n) is 5.97. The summed E-state index contributed by atoms with van der Waals surface area (Å²) >= 11 is 0. The van der Waals surface area contributed by atoms with Gasteiger partial charge in [-0.1, -0.05) is 19.8 Å². The summed E-state index contributed by atoms with van der Waals surface area (Å²) in [6.07, 6.45) is 5.26. The minimum absolute atomic E-state index is 0.0296. The highest BCUT2D eigenvalue weighted by Crippen LogP contribution is 2.30. The van der Waals surface area contributed by atoms with Crippen molar-refractivity contribution in [2.45, 2.75) is 26.2 Å². The number of carboxylic acids is 1. The SMILES string of the molecule is CC1CCCC1CNc1nccc(C(=O)O)n1. The second-order valence-corrected chi connectivity index (χ2v) is 4.62. The quantitative estimate of drug-likeness (QED) is 0.835. The third-order valence-electron chi connectivity index (χ3n) is 3.44. The molecule has 17 heavy (non-hydrogen) atoms. The van der Waals surface area contributed by atoms with E-state index in [1.165, 1.54) is 31.5 Å². The van der Waals surface area contributed by atoms with Gasteiger partial charge in [-0.05, 0) is 24.3 Å². The van der Waals surface area contributed by atoms with E-state index >= 15 is 0 Å². The predicted molar refractivity (Wildman–Crippen MR) is 64.0 cm³/mol. The lowest BCUT2D eigenvalue weighted by molar-refractivity contribution is 0.0690. The lowest BCUT2D eigenvalue weighted by atomic mass is 9.98. The van der Waals surface area contributed by atoms with Crippen LogP contribution in [0.5, 0.6) is 0 Å². The van der Waals surface area contributed by atoms with Crippen LogP contribution in [0.15, 0.2) is 12.3 Å². The molecule has 1 aromatic rings. The minimum Gasteiger partial charge on any atom is -0.477 e. The first-order valence-corrected chi connectivity index (χ1v) is 5.97. The summed E-state index contributed by atoms with van der Waals surface area (Å²) in [7, 11) is 0. The summed E-state index contributed by atoms with van der Waals surface area (Å²) in [6.45, 7) is 3.08. The van der Waals surface area contributed by atoms with E-state index in [1.807, 2.05) is 0 Å². The van der Waals surface area contributed by atoms with E-state index in [0.717, 1.165) is 12.5 Å².